The van der Waals surface area contributed by atoms with Crippen molar-refractivity contribution >= 4 is 0 Å². The van der Waals surface area contributed by atoms with Crippen molar-refractivity contribution in [3.05, 3.63) is 35.6 Å². The van der Waals surface area contributed by atoms with Gasteiger partial charge in [0.05, 0.1) is 12.1 Å². The zero-order valence-electron chi connectivity index (χ0n) is 12.4. The molecule has 4 heteroatoms. The van der Waals surface area contributed by atoms with Crippen molar-refractivity contribution in [3.8, 4) is 0 Å². The third-order valence-electron chi connectivity index (χ3n) is 4.20. The van der Waals surface area contributed by atoms with E-state index in [0.29, 0.717) is 0 Å². The van der Waals surface area contributed by atoms with E-state index in [4.69, 9.17) is 10.5 Å². The van der Waals surface area contributed by atoms with Gasteiger partial charge >= 0.3 is 0 Å². The Morgan fingerprint density at radius 1 is 1.50 bits per heavy atom. The molecule has 0 aromatic heterocycles. The highest BCUT2D eigenvalue weighted by molar-refractivity contribution is 5.22. The smallest absolute Gasteiger partial charge is 0.123 e. The second-order valence-corrected chi connectivity index (χ2v) is 5.57. The Morgan fingerprint density at radius 3 is 2.95 bits per heavy atom. The Hall–Kier alpha value is -0.970. The van der Waals surface area contributed by atoms with Crippen LogP contribution in [0.2, 0.25) is 0 Å². The summed E-state index contributed by atoms with van der Waals surface area (Å²) >= 11 is 0. The molecule has 20 heavy (non-hydrogen) atoms. The maximum atomic E-state index is 13.5. The van der Waals surface area contributed by atoms with Crippen molar-refractivity contribution < 1.29 is 9.13 Å². The summed E-state index contributed by atoms with van der Waals surface area (Å²) in [6, 6.07) is 6.89. The number of likely N-dealkylation sites (tertiary alicyclic amines) is 1. The molecule has 3 atom stereocenters. The minimum Gasteiger partial charge on any atom is -0.380 e. The molecule has 1 fully saturated rings. The van der Waals surface area contributed by atoms with Gasteiger partial charge in [-0.3, -0.25) is 4.90 Å². The molecular formula is C16H25FN2O. The number of ether oxygens (including phenoxy) is 1. The molecule has 0 spiro atoms. The van der Waals surface area contributed by atoms with Crippen LogP contribution in [0.1, 0.15) is 37.8 Å². The van der Waals surface area contributed by atoms with Crippen molar-refractivity contribution in [1.82, 2.24) is 4.90 Å². The second-order valence-electron chi connectivity index (χ2n) is 5.57. The molecule has 1 aliphatic heterocycles. The lowest BCUT2D eigenvalue weighted by Gasteiger charge is -2.40. The maximum absolute atomic E-state index is 13.5. The van der Waals surface area contributed by atoms with Gasteiger partial charge in [-0.2, -0.15) is 0 Å². The summed E-state index contributed by atoms with van der Waals surface area (Å²) in [6.07, 6.45) is 3.31. The SMILES string of the molecule is CCC(N)C(c1cccc(F)c1)N1CCCC(OC)C1. The number of methoxy groups -OCH3 is 1. The summed E-state index contributed by atoms with van der Waals surface area (Å²) in [5.41, 5.74) is 7.28. The fourth-order valence-electron chi connectivity index (χ4n) is 3.05. The third-order valence-corrected chi connectivity index (χ3v) is 4.20. The van der Waals surface area contributed by atoms with E-state index in [0.717, 1.165) is 37.9 Å². The number of rotatable bonds is 5. The van der Waals surface area contributed by atoms with Crippen molar-refractivity contribution in [3.63, 3.8) is 0 Å². The first-order chi connectivity index (χ1) is 9.65. The highest BCUT2D eigenvalue weighted by atomic mass is 19.1. The van der Waals surface area contributed by atoms with Crippen molar-refractivity contribution in [2.24, 2.45) is 5.73 Å². The lowest BCUT2D eigenvalue weighted by atomic mass is 9.93. The first kappa shape index (κ1) is 15.4. The minimum absolute atomic E-state index is 0.00686. The highest BCUT2D eigenvalue weighted by Crippen LogP contribution is 2.29. The number of nitrogens with zero attached hydrogens (tertiary/aromatic N) is 1. The fraction of sp³-hybridized carbons (Fsp3) is 0.625. The number of nitrogens with two attached hydrogens (primary N) is 1. The number of hydrogen-bond donors (Lipinski definition) is 1. The van der Waals surface area contributed by atoms with Gasteiger partial charge in [-0.1, -0.05) is 19.1 Å². The summed E-state index contributed by atoms with van der Waals surface area (Å²) < 4.78 is 19.0. The normalized spacial score (nSPS) is 23.5. The molecular weight excluding hydrogens is 255 g/mol. The fourth-order valence-corrected chi connectivity index (χ4v) is 3.05. The van der Waals surface area contributed by atoms with E-state index in [9.17, 15) is 4.39 Å². The van der Waals surface area contributed by atoms with Crippen molar-refractivity contribution in [1.29, 1.82) is 0 Å². The molecule has 3 unspecified atom stereocenters. The number of benzene rings is 1. The average molecular weight is 280 g/mol. The molecule has 1 heterocycles. The topological polar surface area (TPSA) is 38.5 Å². The van der Waals surface area contributed by atoms with Crippen LogP contribution in [0.3, 0.4) is 0 Å². The standard InChI is InChI=1S/C16H25FN2O/c1-3-15(18)16(12-6-4-7-13(17)10-12)19-9-5-8-14(11-19)20-2/h4,6-7,10,14-16H,3,5,8-9,11,18H2,1-2H3. The molecule has 1 aromatic rings. The van der Waals surface area contributed by atoms with Gasteiger partial charge in [-0.25, -0.2) is 4.39 Å². The van der Waals surface area contributed by atoms with E-state index in [1.54, 1.807) is 19.2 Å². The largest absolute Gasteiger partial charge is 0.380 e. The molecule has 2 rings (SSSR count). The number of piperidine rings is 1. The first-order valence-corrected chi connectivity index (χ1v) is 7.43. The van der Waals surface area contributed by atoms with Crippen LogP contribution < -0.4 is 5.73 Å². The molecule has 1 aromatic carbocycles. The van der Waals surface area contributed by atoms with Gasteiger partial charge < -0.3 is 10.5 Å². The van der Waals surface area contributed by atoms with Crippen LogP contribution in [0, 0.1) is 5.82 Å². The monoisotopic (exact) mass is 280 g/mol. The molecule has 0 bridgehead atoms. The summed E-state index contributed by atoms with van der Waals surface area (Å²) in [5.74, 6) is -0.198. The van der Waals surface area contributed by atoms with Gasteiger partial charge in [0.25, 0.3) is 0 Å². The summed E-state index contributed by atoms with van der Waals surface area (Å²) in [5, 5.41) is 0. The number of hydrogen-bond acceptors (Lipinski definition) is 3. The van der Waals surface area contributed by atoms with Crippen LogP contribution in [-0.4, -0.2) is 37.2 Å². The predicted molar refractivity (Wildman–Crippen MR) is 79.0 cm³/mol. The molecule has 0 aliphatic carbocycles. The van der Waals surface area contributed by atoms with Gasteiger partial charge in [0.2, 0.25) is 0 Å². The minimum atomic E-state index is -0.198. The second kappa shape index (κ2) is 7.16. The van der Waals surface area contributed by atoms with Gasteiger partial charge in [-0.05, 0) is 43.5 Å². The van der Waals surface area contributed by atoms with Crippen LogP contribution in [0.15, 0.2) is 24.3 Å². The first-order valence-electron chi connectivity index (χ1n) is 7.43. The molecule has 3 nitrogen and oxygen atoms in total. The zero-order chi connectivity index (χ0) is 14.5. The molecule has 112 valence electrons. The van der Waals surface area contributed by atoms with E-state index >= 15 is 0 Å². The molecule has 0 radical (unpaired) electrons. The summed E-state index contributed by atoms with van der Waals surface area (Å²) in [7, 11) is 1.76. The Bertz CT molecular complexity index is 427. The zero-order valence-corrected chi connectivity index (χ0v) is 12.4. The van der Waals surface area contributed by atoms with Gasteiger partial charge in [0.15, 0.2) is 0 Å². The maximum Gasteiger partial charge on any atom is 0.123 e. The van der Waals surface area contributed by atoms with Crippen molar-refractivity contribution in [2.45, 2.75) is 44.4 Å². The van der Waals surface area contributed by atoms with Gasteiger partial charge in [-0.15, -0.1) is 0 Å². The lowest BCUT2D eigenvalue weighted by molar-refractivity contribution is 0.00895. The predicted octanol–water partition coefficient (Wildman–Crippen LogP) is 2.71. The van der Waals surface area contributed by atoms with Crippen LogP contribution in [0.25, 0.3) is 0 Å². The number of halogens is 1. The third kappa shape index (κ3) is 3.57. The van der Waals surface area contributed by atoms with Gasteiger partial charge in [0.1, 0.15) is 5.82 Å². The Kier molecular flexibility index (Phi) is 5.52. The average Bonchev–Trinajstić information content (AvgIpc) is 2.47. The molecule has 1 saturated heterocycles. The molecule has 1 aliphatic rings. The van der Waals surface area contributed by atoms with Crippen LogP contribution in [0.4, 0.5) is 4.39 Å². The molecule has 0 saturated carbocycles. The Morgan fingerprint density at radius 2 is 2.30 bits per heavy atom. The van der Waals surface area contributed by atoms with Crippen LogP contribution in [0.5, 0.6) is 0 Å². The Labute approximate surface area is 120 Å². The summed E-state index contributed by atoms with van der Waals surface area (Å²) in [4.78, 5) is 2.35. The quantitative estimate of drug-likeness (QED) is 0.901. The van der Waals surface area contributed by atoms with E-state index in [1.807, 2.05) is 6.07 Å². The van der Waals surface area contributed by atoms with E-state index < -0.39 is 0 Å². The summed E-state index contributed by atoms with van der Waals surface area (Å²) in [6.45, 7) is 3.94. The van der Waals surface area contributed by atoms with E-state index in [2.05, 4.69) is 11.8 Å². The Balaban J connectivity index is 2.23. The van der Waals surface area contributed by atoms with Crippen molar-refractivity contribution in [2.75, 3.05) is 20.2 Å². The van der Waals surface area contributed by atoms with Crippen LogP contribution in [-0.2, 0) is 4.74 Å². The molecule has 2 N–H and O–H groups in total. The highest BCUT2D eigenvalue weighted by Gasteiger charge is 2.30. The van der Waals surface area contributed by atoms with E-state index in [1.165, 1.54) is 6.07 Å². The van der Waals surface area contributed by atoms with E-state index in [-0.39, 0.29) is 24.0 Å². The van der Waals surface area contributed by atoms with Crippen LogP contribution >= 0.6 is 0 Å². The molecule has 0 amide bonds. The lowest BCUT2D eigenvalue weighted by Crippen LogP contribution is -2.47. The van der Waals surface area contributed by atoms with Gasteiger partial charge in [0, 0.05) is 19.7 Å².